The summed E-state index contributed by atoms with van der Waals surface area (Å²) in [6.45, 7) is 3.74. The first-order chi connectivity index (χ1) is 11.2. The van der Waals surface area contributed by atoms with Crippen LogP contribution < -0.4 is 9.21 Å². The zero-order valence-electron chi connectivity index (χ0n) is 14.0. The standard InChI is InChI=1S/C16H19N3O3S2/c1-10-9-12-7-5-6-8-13(12)19(10)15(20)14-11(2)17-16(23-14)18(3)24(4,21)22/h5-8,10H,9H2,1-4H3/t10-/m0/s1. The summed E-state index contributed by atoms with van der Waals surface area (Å²) in [6.07, 6.45) is 1.93. The van der Waals surface area contributed by atoms with Crippen molar-refractivity contribution in [3.63, 3.8) is 0 Å². The number of sulfonamides is 1. The van der Waals surface area contributed by atoms with Crippen LogP contribution in [-0.2, 0) is 16.4 Å². The maximum Gasteiger partial charge on any atom is 0.270 e. The zero-order valence-corrected chi connectivity index (χ0v) is 15.6. The number of carbonyl (C=O) groups is 1. The lowest BCUT2D eigenvalue weighted by molar-refractivity contribution is 0.0984. The van der Waals surface area contributed by atoms with Crippen LogP contribution in [0.3, 0.4) is 0 Å². The molecule has 0 radical (unpaired) electrons. The van der Waals surface area contributed by atoms with E-state index in [0.717, 1.165) is 39.6 Å². The predicted octanol–water partition coefficient (Wildman–Crippen LogP) is 2.44. The number of anilines is 2. The molecule has 2 heterocycles. The van der Waals surface area contributed by atoms with E-state index in [9.17, 15) is 13.2 Å². The normalized spacial score (nSPS) is 17.0. The number of rotatable bonds is 3. The van der Waals surface area contributed by atoms with Crippen molar-refractivity contribution in [2.75, 3.05) is 22.5 Å². The molecule has 3 rings (SSSR count). The largest absolute Gasteiger partial charge is 0.304 e. The van der Waals surface area contributed by atoms with Crippen LogP contribution in [0.1, 0.15) is 27.9 Å². The number of benzene rings is 1. The molecule has 0 fully saturated rings. The lowest BCUT2D eigenvalue weighted by atomic mass is 10.1. The van der Waals surface area contributed by atoms with Crippen molar-refractivity contribution >= 4 is 38.1 Å². The highest BCUT2D eigenvalue weighted by Gasteiger charge is 2.33. The van der Waals surface area contributed by atoms with Crippen LogP contribution in [0.4, 0.5) is 10.8 Å². The van der Waals surface area contributed by atoms with Gasteiger partial charge in [0.25, 0.3) is 5.91 Å². The van der Waals surface area contributed by atoms with E-state index in [0.29, 0.717) is 15.7 Å². The van der Waals surface area contributed by atoms with Crippen molar-refractivity contribution in [3.8, 4) is 0 Å². The van der Waals surface area contributed by atoms with Gasteiger partial charge in [0.1, 0.15) is 4.88 Å². The first-order valence-electron chi connectivity index (χ1n) is 7.53. The second-order valence-corrected chi connectivity index (χ2v) is 8.99. The first-order valence-corrected chi connectivity index (χ1v) is 10.2. The summed E-state index contributed by atoms with van der Waals surface area (Å²) >= 11 is 1.11. The fourth-order valence-corrected chi connectivity index (χ4v) is 4.56. The van der Waals surface area contributed by atoms with Crippen molar-refractivity contribution in [2.24, 2.45) is 0 Å². The minimum atomic E-state index is -3.41. The molecule has 0 unspecified atom stereocenters. The molecule has 1 aromatic heterocycles. The van der Waals surface area contributed by atoms with E-state index < -0.39 is 10.0 Å². The average molecular weight is 365 g/mol. The molecular formula is C16H19N3O3S2. The summed E-state index contributed by atoms with van der Waals surface area (Å²) < 4.78 is 24.5. The maximum absolute atomic E-state index is 13.1. The van der Waals surface area contributed by atoms with Gasteiger partial charge in [0, 0.05) is 18.8 Å². The van der Waals surface area contributed by atoms with Crippen molar-refractivity contribution in [1.29, 1.82) is 0 Å². The molecule has 6 nitrogen and oxygen atoms in total. The molecule has 0 N–H and O–H groups in total. The molecule has 0 bridgehead atoms. The fraction of sp³-hybridized carbons (Fsp3) is 0.375. The lowest BCUT2D eigenvalue weighted by Gasteiger charge is -2.22. The summed E-state index contributed by atoms with van der Waals surface area (Å²) in [4.78, 5) is 19.6. The zero-order chi connectivity index (χ0) is 17.6. The number of fused-ring (bicyclic) bond motifs is 1. The van der Waals surface area contributed by atoms with Crippen LogP contribution in [-0.4, -0.2) is 38.7 Å². The Labute approximate surface area is 145 Å². The predicted molar refractivity (Wildman–Crippen MR) is 96.5 cm³/mol. The fourth-order valence-electron chi connectivity index (χ4n) is 2.84. The molecule has 0 saturated heterocycles. The molecule has 128 valence electrons. The Morgan fingerprint density at radius 3 is 2.71 bits per heavy atom. The van der Waals surface area contributed by atoms with Crippen molar-refractivity contribution in [3.05, 3.63) is 40.4 Å². The number of aryl methyl sites for hydroxylation is 1. The maximum atomic E-state index is 13.1. The Morgan fingerprint density at radius 2 is 2.04 bits per heavy atom. The third kappa shape index (κ3) is 2.80. The van der Waals surface area contributed by atoms with Gasteiger partial charge >= 0.3 is 0 Å². The number of para-hydroxylation sites is 1. The quantitative estimate of drug-likeness (QED) is 0.838. The van der Waals surface area contributed by atoms with E-state index in [2.05, 4.69) is 4.98 Å². The number of carbonyl (C=O) groups excluding carboxylic acids is 1. The van der Waals surface area contributed by atoms with Gasteiger partial charge in [0.2, 0.25) is 10.0 Å². The highest BCUT2D eigenvalue weighted by atomic mass is 32.2. The smallest absolute Gasteiger partial charge is 0.270 e. The van der Waals surface area contributed by atoms with E-state index >= 15 is 0 Å². The lowest BCUT2D eigenvalue weighted by Crippen LogP contribution is -2.35. The second kappa shape index (κ2) is 5.86. The summed E-state index contributed by atoms with van der Waals surface area (Å²) in [6, 6.07) is 7.92. The number of amides is 1. The Hall–Kier alpha value is -1.93. The van der Waals surface area contributed by atoms with Gasteiger partial charge < -0.3 is 4.90 Å². The SMILES string of the molecule is Cc1nc(N(C)S(C)(=O)=O)sc1C(=O)N1c2ccccc2C[C@@H]1C. The Morgan fingerprint density at radius 1 is 1.38 bits per heavy atom. The van der Waals surface area contributed by atoms with Crippen molar-refractivity contribution in [2.45, 2.75) is 26.3 Å². The number of thiazole rings is 1. The van der Waals surface area contributed by atoms with Crippen LogP contribution in [0.15, 0.2) is 24.3 Å². The Bertz CT molecular complexity index is 905. The van der Waals surface area contributed by atoms with Gasteiger partial charge in [-0.2, -0.15) is 0 Å². The van der Waals surface area contributed by atoms with Crippen LogP contribution in [0.5, 0.6) is 0 Å². The van der Waals surface area contributed by atoms with Crippen molar-refractivity contribution < 1.29 is 13.2 Å². The molecule has 1 aromatic carbocycles. The molecule has 1 aliphatic heterocycles. The van der Waals surface area contributed by atoms with Crippen LogP contribution in [0, 0.1) is 6.92 Å². The van der Waals surface area contributed by atoms with Gasteiger partial charge in [0.15, 0.2) is 5.13 Å². The van der Waals surface area contributed by atoms with Gasteiger partial charge in [-0.05, 0) is 31.9 Å². The molecule has 1 amide bonds. The Kier molecular flexibility index (Phi) is 4.13. The van der Waals surface area contributed by atoms with Gasteiger partial charge in [-0.15, -0.1) is 0 Å². The van der Waals surface area contributed by atoms with E-state index in [-0.39, 0.29) is 11.9 Å². The van der Waals surface area contributed by atoms with E-state index in [1.54, 1.807) is 11.8 Å². The van der Waals surface area contributed by atoms with Gasteiger partial charge in [-0.1, -0.05) is 29.5 Å². The molecule has 0 spiro atoms. The molecule has 8 heteroatoms. The molecular weight excluding hydrogens is 346 g/mol. The highest BCUT2D eigenvalue weighted by Crippen LogP contribution is 2.35. The summed E-state index contributed by atoms with van der Waals surface area (Å²) in [5.74, 6) is -0.129. The van der Waals surface area contributed by atoms with Crippen LogP contribution in [0.2, 0.25) is 0 Å². The van der Waals surface area contributed by atoms with E-state index in [1.807, 2.05) is 31.2 Å². The van der Waals surface area contributed by atoms with E-state index in [4.69, 9.17) is 0 Å². The van der Waals surface area contributed by atoms with Gasteiger partial charge in [-0.25, -0.2) is 17.7 Å². The highest BCUT2D eigenvalue weighted by molar-refractivity contribution is 7.92. The minimum absolute atomic E-state index is 0.0625. The van der Waals surface area contributed by atoms with E-state index in [1.165, 1.54) is 7.05 Å². The summed E-state index contributed by atoms with van der Waals surface area (Å²) in [5, 5.41) is 0.304. The summed E-state index contributed by atoms with van der Waals surface area (Å²) in [5.41, 5.74) is 2.61. The number of hydrogen-bond donors (Lipinski definition) is 0. The van der Waals surface area contributed by atoms with Gasteiger partial charge in [0.05, 0.1) is 11.9 Å². The van der Waals surface area contributed by atoms with Crippen molar-refractivity contribution in [1.82, 2.24) is 4.98 Å². The number of nitrogens with zero attached hydrogens (tertiary/aromatic N) is 3. The summed E-state index contributed by atoms with van der Waals surface area (Å²) in [7, 11) is -1.97. The number of hydrogen-bond acceptors (Lipinski definition) is 5. The van der Waals surface area contributed by atoms with Crippen LogP contribution in [0.25, 0.3) is 0 Å². The minimum Gasteiger partial charge on any atom is -0.304 e. The first kappa shape index (κ1) is 16.9. The third-order valence-electron chi connectivity index (χ3n) is 4.17. The molecule has 1 atom stereocenters. The average Bonchev–Trinajstić information content (AvgIpc) is 3.04. The molecule has 24 heavy (non-hydrogen) atoms. The molecule has 0 saturated carbocycles. The molecule has 2 aromatic rings. The second-order valence-electron chi connectivity index (χ2n) is 6.00. The third-order valence-corrected chi connectivity index (χ3v) is 6.68. The van der Waals surface area contributed by atoms with Crippen LogP contribution >= 0.6 is 11.3 Å². The van der Waals surface area contributed by atoms with Gasteiger partial charge in [-0.3, -0.25) is 4.79 Å². The Balaban J connectivity index is 1.99. The monoisotopic (exact) mass is 365 g/mol. The number of aromatic nitrogens is 1. The topological polar surface area (TPSA) is 70.6 Å². The molecule has 1 aliphatic rings. The molecule has 0 aliphatic carbocycles.